The van der Waals surface area contributed by atoms with Crippen molar-refractivity contribution in [2.24, 2.45) is 0 Å². The number of hydrogen-bond donors (Lipinski definition) is 1. The number of aromatic nitrogens is 1. The van der Waals surface area contributed by atoms with Crippen molar-refractivity contribution in [2.45, 2.75) is 0 Å². The molecule has 0 bridgehead atoms. The lowest BCUT2D eigenvalue weighted by molar-refractivity contribution is 0.0607. The summed E-state index contributed by atoms with van der Waals surface area (Å²) in [5, 5.41) is 4.57. The quantitative estimate of drug-likeness (QED) is 0.690. The number of carbonyl (C=O) groups excluding carboxylic acids is 2. The van der Waals surface area contributed by atoms with Crippen molar-refractivity contribution in [2.75, 3.05) is 12.4 Å². The van der Waals surface area contributed by atoms with Gasteiger partial charge in [0.1, 0.15) is 10.0 Å². The highest BCUT2D eigenvalue weighted by molar-refractivity contribution is 7.12. The van der Waals surface area contributed by atoms with Crippen molar-refractivity contribution in [3.05, 3.63) is 44.3 Å². The standard InChI is InChI=1S/C12H8Cl2N2O3S/c1-19-12(18)9-8(2-3-20-9)16-11(17)6-4-7(13)10(14)15-5-6/h2-5H,1H3,(H,16,17). The van der Waals surface area contributed by atoms with Gasteiger partial charge in [0.05, 0.1) is 23.4 Å². The number of rotatable bonds is 3. The van der Waals surface area contributed by atoms with Crippen LogP contribution in [0, 0.1) is 0 Å². The van der Waals surface area contributed by atoms with Gasteiger partial charge in [0.25, 0.3) is 5.91 Å². The molecular formula is C12H8Cl2N2O3S. The van der Waals surface area contributed by atoms with Crippen LogP contribution < -0.4 is 5.32 Å². The first-order valence-corrected chi connectivity index (χ1v) is 6.94. The van der Waals surface area contributed by atoms with Crippen LogP contribution in [0.15, 0.2) is 23.7 Å². The van der Waals surface area contributed by atoms with Crippen LogP contribution in [0.2, 0.25) is 10.2 Å². The average molecular weight is 331 g/mol. The number of amides is 1. The Labute approximate surface area is 128 Å². The van der Waals surface area contributed by atoms with E-state index in [9.17, 15) is 9.59 Å². The van der Waals surface area contributed by atoms with Crippen molar-refractivity contribution in [1.82, 2.24) is 4.98 Å². The maximum atomic E-state index is 12.0. The molecule has 0 unspecified atom stereocenters. The van der Waals surface area contributed by atoms with E-state index in [0.717, 1.165) is 0 Å². The van der Waals surface area contributed by atoms with Crippen molar-refractivity contribution in [3.63, 3.8) is 0 Å². The molecule has 2 aromatic heterocycles. The molecule has 0 saturated heterocycles. The number of esters is 1. The van der Waals surface area contributed by atoms with Crippen LogP contribution in [0.25, 0.3) is 0 Å². The summed E-state index contributed by atoms with van der Waals surface area (Å²) in [6, 6.07) is 3.01. The minimum absolute atomic E-state index is 0.119. The summed E-state index contributed by atoms with van der Waals surface area (Å²) in [7, 11) is 1.27. The maximum absolute atomic E-state index is 12.0. The average Bonchev–Trinajstić information content (AvgIpc) is 2.89. The van der Waals surface area contributed by atoms with Crippen molar-refractivity contribution in [1.29, 1.82) is 0 Å². The molecule has 0 spiro atoms. The third-order valence-corrected chi connectivity index (χ3v) is 3.92. The molecule has 1 N–H and O–H groups in total. The van der Waals surface area contributed by atoms with E-state index in [1.54, 1.807) is 11.4 Å². The number of thiophene rings is 1. The first-order valence-electron chi connectivity index (χ1n) is 5.31. The van der Waals surface area contributed by atoms with Crippen LogP contribution in [0.3, 0.4) is 0 Å². The Balaban J connectivity index is 2.22. The van der Waals surface area contributed by atoms with E-state index >= 15 is 0 Å². The van der Waals surface area contributed by atoms with Crippen LogP contribution >= 0.6 is 34.5 Å². The molecule has 0 aliphatic heterocycles. The summed E-state index contributed by atoms with van der Waals surface area (Å²) in [4.78, 5) is 27.6. The highest BCUT2D eigenvalue weighted by Gasteiger charge is 2.17. The predicted octanol–water partition coefficient (Wildman–Crippen LogP) is 3.49. The van der Waals surface area contributed by atoms with Gasteiger partial charge in [0.2, 0.25) is 0 Å². The molecule has 2 rings (SSSR count). The summed E-state index contributed by atoms with van der Waals surface area (Å²) >= 11 is 12.6. The van der Waals surface area contributed by atoms with Gasteiger partial charge in [-0.25, -0.2) is 9.78 Å². The number of methoxy groups -OCH3 is 1. The minimum atomic E-state index is -0.512. The molecular weight excluding hydrogens is 323 g/mol. The highest BCUT2D eigenvalue weighted by atomic mass is 35.5. The van der Waals surface area contributed by atoms with E-state index in [-0.39, 0.29) is 15.7 Å². The lowest BCUT2D eigenvalue weighted by Crippen LogP contribution is -2.14. The topological polar surface area (TPSA) is 68.3 Å². The van der Waals surface area contributed by atoms with E-state index in [0.29, 0.717) is 10.6 Å². The molecule has 0 radical (unpaired) electrons. The molecule has 5 nitrogen and oxygen atoms in total. The zero-order valence-electron chi connectivity index (χ0n) is 10.1. The van der Waals surface area contributed by atoms with Crippen LogP contribution in [-0.2, 0) is 4.74 Å². The van der Waals surface area contributed by atoms with E-state index in [4.69, 9.17) is 23.2 Å². The van der Waals surface area contributed by atoms with Crippen LogP contribution in [0.4, 0.5) is 5.69 Å². The minimum Gasteiger partial charge on any atom is -0.465 e. The zero-order chi connectivity index (χ0) is 14.7. The van der Waals surface area contributed by atoms with E-state index in [1.807, 2.05) is 0 Å². The Morgan fingerprint density at radius 2 is 2.15 bits per heavy atom. The second-order valence-electron chi connectivity index (χ2n) is 3.61. The Morgan fingerprint density at radius 3 is 2.80 bits per heavy atom. The largest absolute Gasteiger partial charge is 0.465 e. The maximum Gasteiger partial charge on any atom is 0.350 e. The number of nitrogens with zero attached hydrogens (tertiary/aromatic N) is 1. The van der Waals surface area contributed by atoms with Gasteiger partial charge in [-0.05, 0) is 17.5 Å². The monoisotopic (exact) mass is 330 g/mol. The van der Waals surface area contributed by atoms with E-state index < -0.39 is 11.9 Å². The van der Waals surface area contributed by atoms with Crippen LogP contribution in [0.1, 0.15) is 20.0 Å². The number of anilines is 1. The molecule has 20 heavy (non-hydrogen) atoms. The SMILES string of the molecule is COC(=O)c1sccc1NC(=O)c1cnc(Cl)c(Cl)c1. The van der Waals surface area contributed by atoms with E-state index in [1.165, 1.54) is 30.7 Å². The van der Waals surface area contributed by atoms with Gasteiger partial charge < -0.3 is 10.1 Å². The number of hydrogen-bond acceptors (Lipinski definition) is 5. The molecule has 8 heteroatoms. The Bertz CT molecular complexity index is 672. The first-order chi connectivity index (χ1) is 9.52. The zero-order valence-corrected chi connectivity index (χ0v) is 12.5. The van der Waals surface area contributed by atoms with Crippen LogP contribution in [0.5, 0.6) is 0 Å². The second kappa shape index (κ2) is 6.21. The molecule has 2 aromatic rings. The third kappa shape index (κ3) is 3.09. The molecule has 1 amide bonds. The molecule has 0 atom stereocenters. The Hall–Kier alpha value is -1.63. The Kier molecular flexibility index (Phi) is 4.59. The molecule has 0 aliphatic rings. The third-order valence-electron chi connectivity index (χ3n) is 2.34. The summed E-state index contributed by atoms with van der Waals surface area (Å²) in [6.07, 6.45) is 1.30. The summed E-state index contributed by atoms with van der Waals surface area (Å²) < 4.78 is 4.63. The van der Waals surface area contributed by atoms with Gasteiger partial charge in [-0.1, -0.05) is 23.2 Å². The number of carbonyl (C=O) groups is 2. The highest BCUT2D eigenvalue weighted by Crippen LogP contribution is 2.25. The van der Waals surface area contributed by atoms with Crippen molar-refractivity contribution in [3.8, 4) is 0 Å². The Morgan fingerprint density at radius 1 is 1.40 bits per heavy atom. The van der Waals surface area contributed by atoms with Gasteiger partial charge in [-0.15, -0.1) is 11.3 Å². The molecule has 0 fully saturated rings. The smallest absolute Gasteiger partial charge is 0.350 e. The van der Waals surface area contributed by atoms with E-state index in [2.05, 4.69) is 15.0 Å². The number of halogens is 2. The van der Waals surface area contributed by atoms with Gasteiger partial charge in [0.15, 0.2) is 0 Å². The predicted molar refractivity (Wildman–Crippen MR) is 77.9 cm³/mol. The van der Waals surface area contributed by atoms with Gasteiger partial charge in [0, 0.05) is 6.20 Å². The molecule has 2 heterocycles. The first kappa shape index (κ1) is 14.8. The summed E-state index contributed by atoms with van der Waals surface area (Å²) in [5.41, 5.74) is 0.610. The lowest BCUT2D eigenvalue weighted by atomic mass is 10.2. The molecule has 0 saturated carbocycles. The molecule has 0 aliphatic carbocycles. The van der Waals surface area contributed by atoms with Gasteiger partial charge in [-0.2, -0.15) is 0 Å². The van der Waals surface area contributed by atoms with Crippen molar-refractivity contribution >= 4 is 52.1 Å². The normalized spacial score (nSPS) is 10.2. The summed E-state index contributed by atoms with van der Waals surface area (Å²) in [5.74, 6) is -0.956. The number of ether oxygens (including phenoxy) is 1. The molecule has 0 aromatic carbocycles. The number of pyridine rings is 1. The summed E-state index contributed by atoms with van der Waals surface area (Å²) in [6.45, 7) is 0. The fraction of sp³-hybridized carbons (Fsp3) is 0.0833. The van der Waals surface area contributed by atoms with Gasteiger partial charge >= 0.3 is 5.97 Å². The van der Waals surface area contributed by atoms with Crippen molar-refractivity contribution < 1.29 is 14.3 Å². The number of nitrogens with one attached hydrogen (secondary N) is 1. The fourth-order valence-corrected chi connectivity index (χ4v) is 2.43. The lowest BCUT2D eigenvalue weighted by Gasteiger charge is -2.06. The second-order valence-corrected chi connectivity index (χ2v) is 5.29. The van der Waals surface area contributed by atoms with Gasteiger partial charge in [-0.3, -0.25) is 4.79 Å². The fourth-order valence-electron chi connectivity index (χ4n) is 1.40. The van der Waals surface area contributed by atoms with Crippen LogP contribution in [-0.4, -0.2) is 24.0 Å². The molecule has 104 valence electrons.